The van der Waals surface area contributed by atoms with Crippen molar-refractivity contribution >= 4 is 12.0 Å². The smallest absolute Gasteiger partial charge is 0.331 e. The van der Waals surface area contributed by atoms with Crippen LogP contribution in [-0.2, 0) is 9.53 Å². The van der Waals surface area contributed by atoms with Gasteiger partial charge in [-0.1, -0.05) is 30.3 Å². The Kier molecular flexibility index (Phi) is 3.65. The van der Waals surface area contributed by atoms with Gasteiger partial charge in [-0.05, 0) is 11.6 Å². The van der Waals surface area contributed by atoms with Crippen LogP contribution in [0.4, 0.5) is 0 Å². The maximum Gasteiger partial charge on any atom is 0.331 e. The summed E-state index contributed by atoms with van der Waals surface area (Å²) in [5, 5.41) is 0. The van der Waals surface area contributed by atoms with Crippen molar-refractivity contribution in [3.63, 3.8) is 0 Å². The monoisotopic (exact) mass is 258 g/mol. The van der Waals surface area contributed by atoms with Crippen LogP contribution in [0.15, 0.2) is 36.4 Å². The van der Waals surface area contributed by atoms with Crippen LogP contribution in [0, 0.1) is 5.92 Å². The minimum Gasteiger partial charge on any atom is -0.453 e. The molecule has 3 fully saturated rings. The maximum absolute atomic E-state index is 11.8. The fraction of sp³-hybridized carbons (Fsp3) is 0.438. The molecule has 2 bridgehead atoms. The molecule has 0 spiro atoms. The number of carbonyl (C=O) groups is 1. The minimum absolute atomic E-state index is 0.130. The standard InChI is InChI=1S/C16H19NO2/c18-16(7-6-13-4-2-1-3-5-13)19-15-12-17-10-8-14(15)9-11-17/h1-7,14-15H,8-12H2/p+1/b7-6+/t15-/m1/s1. The third-order valence-corrected chi connectivity index (χ3v) is 4.23. The summed E-state index contributed by atoms with van der Waals surface area (Å²) in [6.07, 6.45) is 5.90. The molecule has 0 amide bonds. The van der Waals surface area contributed by atoms with E-state index in [1.165, 1.54) is 25.9 Å². The average molecular weight is 258 g/mol. The molecule has 100 valence electrons. The van der Waals surface area contributed by atoms with Gasteiger partial charge >= 0.3 is 5.97 Å². The number of esters is 1. The van der Waals surface area contributed by atoms with Gasteiger partial charge in [0, 0.05) is 24.8 Å². The normalized spacial score (nSPS) is 29.6. The van der Waals surface area contributed by atoms with Crippen LogP contribution in [0.1, 0.15) is 18.4 Å². The zero-order valence-corrected chi connectivity index (χ0v) is 11.0. The molecule has 3 heterocycles. The van der Waals surface area contributed by atoms with Gasteiger partial charge in [0.15, 0.2) is 6.10 Å². The second kappa shape index (κ2) is 5.57. The number of carbonyl (C=O) groups excluding carboxylic acids is 1. The van der Waals surface area contributed by atoms with E-state index in [2.05, 4.69) is 0 Å². The number of ether oxygens (including phenoxy) is 1. The fourth-order valence-corrected chi connectivity index (χ4v) is 3.13. The highest BCUT2D eigenvalue weighted by Crippen LogP contribution is 2.21. The molecule has 3 saturated heterocycles. The maximum atomic E-state index is 11.8. The predicted molar refractivity (Wildman–Crippen MR) is 73.6 cm³/mol. The van der Waals surface area contributed by atoms with Crippen molar-refractivity contribution in [2.45, 2.75) is 18.9 Å². The first-order chi connectivity index (χ1) is 9.31. The molecular weight excluding hydrogens is 238 g/mol. The van der Waals surface area contributed by atoms with E-state index in [9.17, 15) is 4.79 Å². The molecule has 1 aromatic rings. The molecule has 3 aliphatic heterocycles. The summed E-state index contributed by atoms with van der Waals surface area (Å²) in [4.78, 5) is 13.4. The quantitative estimate of drug-likeness (QED) is 0.645. The third kappa shape index (κ3) is 3.04. The van der Waals surface area contributed by atoms with Crippen molar-refractivity contribution in [2.75, 3.05) is 19.6 Å². The van der Waals surface area contributed by atoms with Crippen LogP contribution >= 0.6 is 0 Å². The number of quaternary nitrogens is 1. The number of benzene rings is 1. The third-order valence-electron chi connectivity index (χ3n) is 4.23. The van der Waals surface area contributed by atoms with Crippen molar-refractivity contribution in [1.29, 1.82) is 0 Å². The molecule has 3 aliphatic rings. The number of hydrogen-bond donors (Lipinski definition) is 1. The van der Waals surface area contributed by atoms with Crippen molar-refractivity contribution in [3.05, 3.63) is 42.0 Å². The first kappa shape index (κ1) is 12.4. The lowest BCUT2D eigenvalue weighted by Gasteiger charge is -2.40. The lowest BCUT2D eigenvalue weighted by molar-refractivity contribution is -0.920. The molecule has 0 saturated carbocycles. The Morgan fingerprint density at radius 1 is 1.21 bits per heavy atom. The number of fused-ring (bicyclic) bond motifs is 3. The lowest BCUT2D eigenvalue weighted by Crippen LogP contribution is -3.16. The Bertz CT molecular complexity index is 461. The second-order valence-electron chi connectivity index (χ2n) is 5.51. The zero-order chi connectivity index (χ0) is 13.1. The van der Waals surface area contributed by atoms with Crippen molar-refractivity contribution in [3.8, 4) is 0 Å². The molecule has 3 nitrogen and oxygen atoms in total. The van der Waals surface area contributed by atoms with Gasteiger partial charge in [0.2, 0.25) is 0 Å². The van der Waals surface area contributed by atoms with Gasteiger partial charge in [0.05, 0.1) is 13.1 Å². The topological polar surface area (TPSA) is 30.7 Å². The van der Waals surface area contributed by atoms with Gasteiger partial charge in [-0.2, -0.15) is 0 Å². The zero-order valence-electron chi connectivity index (χ0n) is 11.0. The van der Waals surface area contributed by atoms with Crippen molar-refractivity contribution in [2.24, 2.45) is 5.92 Å². The molecule has 0 unspecified atom stereocenters. The Hall–Kier alpha value is -1.61. The lowest BCUT2D eigenvalue weighted by atomic mass is 9.86. The van der Waals surface area contributed by atoms with Crippen LogP contribution in [0.3, 0.4) is 0 Å². The minimum atomic E-state index is -0.206. The van der Waals surface area contributed by atoms with Gasteiger partial charge in [-0.25, -0.2) is 4.79 Å². The van der Waals surface area contributed by atoms with Gasteiger partial charge in [0.25, 0.3) is 0 Å². The summed E-state index contributed by atoms with van der Waals surface area (Å²) in [6, 6.07) is 9.83. The van der Waals surface area contributed by atoms with E-state index in [1.807, 2.05) is 36.4 Å². The number of piperidine rings is 3. The molecule has 1 atom stereocenters. The SMILES string of the molecule is O=C(/C=C/c1ccccc1)O[C@@H]1C[NH+]2CCC1CC2. The van der Waals surface area contributed by atoms with Crippen LogP contribution in [0.2, 0.25) is 0 Å². The van der Waals surface area contributed by atoms with E-state index < -0.39 is 0 Å². The van der Waals surface area contributed by atoms with E-state index in [0.717, 1.165) is 12.1 Å². The van der Waals surface area contributed by atoms with E-state index in [1.54, 1.807) is 11.0 Å². The highest BCUT2D eigenvalue weighted by atomic mass is 16.5. The van der Waals surface area contributed by atoms with Crippen molar-refractivity contribution < 1.29 is 14.4 Å². The van der Waals surface area contributed by atoms with Crippen LogP contribution in [0.25, 0.3) is 6.08 Å². The predicted octanol–water partition coefficient (Wildman–Crippen LogP) is 0.920. The van der Waals surface area contributed by atoms with Gasteiger partial charge in [-0.3, -0.25) is 0 Å². The summed E-state index contributed by atoms with van der Waals surface area (Å²) in [5.74, 6) is 0.383. The van der Waals surface area contributed by atoms with Crippen LogP contribution < -0.4 is 4.90 Å². The molecule has 0 aliphatic carbocycles. The van der Waals surface area contributed by atoms with E-state index in [-0.39, 0.29) is 12.1 Å². The van der Waals surface area contributed by atoms with Crippen molar-refractivity contribution in [1.82, 2.24) is 0 Å². The Balaban J connectivity index is 1.55. The molecule has 19 heavy (non-hydrogen) atoms. The van der Waals surface area contributed by atoms with Gasteiger partial charge < -0.3 is 9.64 Å². The summed E-state index contributed by atoms with van der Waals surface area (Å²) < 4.78 is 5.60. The molecule has 1 N–H and O–H groups in total. The largest absolute Gasteiger partial charge is 0.453 e. The first-order valence-electron chi connectivity index (χ1n) is 7.08. The summed E-state index contributed by atoms with van der Waals surface area (Å²) in [6.45, 7) is 3.49. The summed E-state index contributed by atoms with van der Waals surface area (Å²) >= 11 is 0. The second-order valence-corrected chi connectivity index (χ2v) is 5.51. The number of nitrogens with one attached hydrogen (secondary N) is 1. The summed E-state index contributed by atoms with van der Waals surface area (Å²) in [7, 11) is 0. The molecule has 3 heteroatoms. The number of rotatable bonds is 3. The molecule has 0 radical (unpaired) electrons. The Morgan fingerprint density at radius 2 is 1.95 bits per heavy atom. The average Bonchev–Trinajstić information content (AvgIpc) is 2.47. The van der Waals surface area contributed by atoms with E-state index in [4.69, 9.17) is 4.74 Å². The highest BCUT2D eigenvalue weighted by molar-refractivity contribution is 5.87. The van der Waals surface area contributed by atoms with Gasteiger partial charge in [-0.15, -0.1) is 0 Å². The molecule has 4 rings (SSSR count). The van der Waals surface area contributed by atoms with Gasteiger partial charge in [0.1, 0.15) is 6.54 Å². The van der Waals surface area contributed by atoms with E-state index in [0.29, 0.717) is 5.92 Å². The van der Waals surface area contributed by atoms with Crippen LogP contribution in [0.5, 0.6) is 0 Å². The highest BCUT2D eigenvalue weighted by Gasteiger charge is 2.39. The first-order valence-corrected chi connectivity index (χ1v) is 7.08. The molecule has 1 aromatic carbocycles. The Morgan fingerprint density at radius 3 is 2.58 bits per heavy atom. The summed E-state index contributed by atoms with van der Waals surface area (Å²) in [5.41, 5.74) is 1.03. The number of hydrogen-bond acceptors (Lipinski definition) is 2. The molecule has 0 aromatic heterocycles. The Labute approximate surface area is 113 Å². The van der Waals surface area contributed by atoms with E-state index >= 15 is 0 Å². The fourth-order valence-electron chi connectivity index (χ4n) is 3.13. The molecular formula is C16H20NO2+. The van der Waals surface area contributed by atoms with Crippen LogP contribution in [-0.4, -0.2) is 31.7 Å².